The SMILES string of the molecule is Fc1cccc(-c2ccc3c(NCc4ccc(-c5ccccc5)c(F)c4)nccc3c2)c1. The molecule has 0 aliphatic heterocycles. The molecule has 0 unspecified atom stereocenters. The molecule has 4 heteroatoms. The summed E-state index contributed by atoms with van der Waals surface area (Å²) in [7, 11) is 0. The summed E-state index contributed by atoms with van der Waals surface area (Å²) in [5, 5.41) is 5.27. The van der Waals surface area contributed by atoms with Gasteiger partial charge in [-0.2, -0.15) is 0 Å². The van der Waals surface area contributed by atoms with E-state index in [1.54, 1.807) is 18.3 Å². The second-order valence-corrected chi connectivity index (χ2v) is 7.64. The summed E-state index contributed by atoms with van der Waals surface area (Å²) in [5.74, 6) is 0.215. The highest BCUT2D eigenvalue weighted by atomic mass is 19.1. The van der Waals surface area contributed by atoms with Crippen LogP contribution in [0.3, 0.4) is 0 Å². The first-order valence-electron chi connectivity index (χ1n) is 10.4. The van der Waals surface area contributed by atoms with Crippen molar-refractivity contribution in [1.29, 1.82) is 0 Å². The van der Waals surface area contributed by atoms with E-state index in [0.717, 1.165) is 38.8 Å². The lowest BCUT2D eigenvalue weighted by molar-refractivity contribution is 0.628. The Morgan fingerprint density at radius 1 is 0.688 bits per heavy atom. The number of hydrogen-bond donors (Lipinski definition) is 1. The molecule has 1 heterocycles. The van der Waals surface area contributed by atoms with E-state index < -0.39 is 0 Å². The topological polar surface area (TPSA) is 24.9 Å². The van der Waals surface area contributed by atoms with Crippen LogP contribution in [0, 0.1) is 11.6 Å². The maximum absolute atomic E-state index is 14.7. The van der Waals surface area contributed by atoms with Gasteiger partial charge in [0.05, 0.1) is 0 Å². The number of benzene rings is 4. The first-order chi connectivity index (χ1) is 15.7. The molecule has 0 spiro atoms. The molecule has 4 aromatic carbocycles. The molecule has 0 aliphatic rings. The van der Waals surface area contributed by atoms with Gasteiger partial charge in [-0.1, -0.05) is 66.7 Å². The van der Waals surface area contributed by atoms with Gasteiger partial charge in [0.1, 0.15) is 17.5 Å². The highest BCUT2D eigenvalue weighted by molar-refractivity contribution is 5.94. The zero-order valence-electron chi connectivity index (χ0n) is 17.2. The number of rotatable bonds is 5. The Morgan fingerprint density at radius 2 is 1.50 bits per heavy atom. The van der Waals surface area contributed by atoms with Gasteiger partial charge in [0.2, 0.25) is 0 Å². The Kier molecular flexibility index (Phi) is 5.34. The van der Waals surface area contributed by atoms with Crippen LogP contribution >= 0.6 is 0 Å². The van der Waals surface area contributed by atoms with Gasteiger partial charge in [-0.3, -0.25) is 0 Å². The molecular formula is C28H20F2N2. The zero-order valence-corrected chi connectivity index (χ0v) is 17.2. The fraction of sp³-hybridized carbons (Fsp3) is 0.0357. The Balaban J connectivity index is 1.38. The molecule has 1 aromatic heterocycles. The predicted molar refractivity (Wildman–Crippen MR) is 126 cm³/mol. The fourth-order valence-corrected chi connectivity index (χ4v) is 3.87. The third-order valence-corrected chi connectivity index (χ3v) is 5.50. The average molecular weight is 422 g/mol. The van der Waals surface area contributed by atoms with Crippen molar-refractivity contribution in [3.63, 3.8) is 0 Å². The van der Waals surface area contributed by atoms with Crippen LogP contribution in [0.2, 0.25) is 0 Å². The zero-order chi connectivity index (χ0) is 21.9. The number of pyridine rings is 1. The molecule has 1 N–H and O–H groups in total. The van der Waals surface area contributed by atoms with Gasteiger partial charge < -0.3 is 5.32 Å². The van der Waals surface area contributed by atoms with E-state index in [2.05, 4.69) is 10.3 Å². The minimum absolute atomic E-state index is 0.249. The van der Waals surface area contributed by atoms with Crippen LogP contribution in [0.4, 0.5) is 14.6 Å². The number of halogens is 2. The van der Waals surface area contributed by atoms with Gasteiger partial charge in [-0.05, 0) is 58.0 Å². The monoisotopic (exact) mass is 422 g/mol. The van der Waals surface area contributed by atoms with E-state index in [1.807, 2.05) is 72.8 Å². The predicted octanol–water partition coefficient (Wildman–Crippen LogP) is 7.46. The maximum Gasteiger partial charge on any atom is 0.134 e. The number of nitrogens with zero attached hydrogens (tertiary/aromatic N) is 1. The van der Waals surface area contributed by atoms with E-state index in [-0.39, 0.29) is 11.6 Å². The molecule has 156 valence electrons. The summed E-state index contributed by atoms with van der Waals surface area (Å²) in [6.07, 6.45) is 1.74. The van der Waals surface area contributed by atoms with E-state index in [9.17, 15) is 8.78 Å². The Bertz CT molecular complexity index is 1400. The smallest absolute Gasteiger partial charge is 0.134 e. The van der Waals surface area contributed by atoms with Crippen LogP contribution in [0.1, 0.15) is 5.56 Å². The van der Waals surface area contributed by atoms with Gasteiger partial charge >= 0.3 is 0 Å². The Hall–Kier alpha value is -4.05. The lowest BCUT2D eigenvalue weighted by Gasteiger charge is -2.11. The summed E-state index contributed by atoms with van der Waals surface area (Å²) < 4.78 is 28.3. The second-order valence-electron chi connectivity index (χ2n) is 7.64. The Labute approximate surface area is 185 Å². The van der Waals surface area contributed by atoms with E-state index >= 15 is 0 Å². The molecule has 0 aliphatic carbocycles. The number of fused-ring (bicyclic) bond motifs is 1. The van der Waals surface area contributed by atoms with Crippen molar-refractivity contribution in [1.82, 2.24) is 4.98 Å². The molecule has 0 radical (unpaired) electrons. The van der Waals surface area contributed by atoms with Crippen molar-refractivity contribution in [3.8, 4) is 22.3 Å². The minimum atomic E-state index is -0.259. The van der Waals surface area contributed by atoms with Crippen LogP contribution in [0.15, 0.2) is 103 Å². The molecule has 32 heavy (non-hydrogen) atoms. The number of aromatic nitrogens is 1. The minimum Gasteiger partial charge on any atom is -0.365 e. The molecule has 0 bridgehead atoms. The third-order valence-electron chi connectivity index (χ3n) is 5.50. The molecule has 0 saturated carbocycles. The summed E-state index contributed by atoms with van der Waals surface area (Å²) in [5.41, 5.74) is 4.04. The van der Waals surface area contributed by atoms with Crippen molar-refractivity contribution in [3.05, 3.63) is 120 Å². The summed E-state index contributed by atoms with van der Waals surface area (Å²) in [6.45, 7) is 0.448. The first-order valence-corrected chi connectivity index (χ1v) is 10.4. The van der Waals surface area contributed by atoms with Crippen LogP contribution in [0.5, 0.6) is 0 Å². The molecule has 0 amide bonds. The molecule has 0 fully saturated rings. The standard InChI is InChI=1S/C28H20F2N2/c29-24-8-4-7-21(17-24)22-10-12-26-23(16-22)13-14-31-28(26)32-18-19-9-11-25(27(30)15-19)20-5-2-1-3-6-20/h1-17H,18H2,(H,31,32). The van der Waals surface area contributed by atoms with Crippen LogP contribution < -0.4 is 5.32 Å². The number of anilines is 1. The molecule has 0 saturated heterocycles. The summed E-state index contributed by atoms with van der Waals surface area (Å²) in [4.78, 5) is 4.46. The normalized spacial score (nSPS) is 10.9. The van der Waals surface area contributed by atoms with Crippen LogP contribution in [-0.2, 0) is 6.54 Å². The third kappa shape index (κ3) is 4.08. The molecular weight excluding hydrogens is 402 g/mol. The van der Waals surface area contributed by atoms with Gasteiger partial charge in [-0.25, -0.2) is 13.8 Å². The average Bonchev–Trinajstić information content (AvgIpc) is 2.83. The first kappa shape index (κ1) is 19.9. The van der Waals surface area contributed by atoms with Crippen molar-refractivity contribution in [2.75, 3.05) is 5.32 Å². The molecule has 0 atom stereocenters. The van der Waals surface area contributed by atoms with Crippen LogP contribution in [-0.4, -0.2) is 4.98 Å². The van der Waals surface area contributed by atoms with Crippen molar-refractivity contribution in [2.45, 2.75) is 6.54 Å². The van der Waals surface area contributed by atoms with Gasteiger partial charge in [0.15, 0.2) is 0 Å². The fourth-order valence-electron chi connectivity index (χ4n) is 3.87. The highest BCUT2D eigenvalue weighted by Crippen LogP contribution is 2.29. The number of nitrogens with one attached hydrogen (secondary N) is 1. The molecule has 5 rings (SSSR count). The van der Waals surface area contributed by atoms with E-state index in [1.165, 1.54) is 12.1 Å². The molecule has 2 nitrogen and oxygen atoms in total. The van der Waals surface area contributed by atoms with Gasteiger partial charge in [0, 0.05) is 23.7 Å². The second kappa shape index (κ2) is 8.60. The largest absolute Gasteiger partial charge is 0.365 e. The Morgan fingerprint density at radius 3 is 2.31 bits per heavy atom. The van der Waals surface area contributed by atoms with Crippen molar-refractivity contribution >= 4 is 16.6 Å². The summed E-state index contributed by atoms with van der Waals surface area (Å²) >= 11 is 0. The lowest BCUT2D eigenvalue weighted by Crippen LogP contribution is -2.02. The van der Waals surface area contributed by atoms with E-state index in [4.69, 9.17) is 0 Å². The number of hydrogen-bond acceptors (Lipinski definition) is 2. The maximum atomic E-state index is 14.7. The van der Waals surface area contributed by atoms with Crippen molar-refractivity contribution < 1.29 is 8.78 Å². The van der Waals surface area contributed by atoms with Crippen molar-refractivity contribution in [2.24, 2.45) is 0 Å². The highest BCUT2D eigenvalue weighted by Gasteiger charge is 2.08. The van der Waals surface area contributed by atoms with E-state index in [0.29, 0.717) is 12.1 Å². The van der Waals surface area contributed by atoms with Crippen LogP contribution in [0.25, 0.3) is 33.0 Å². The van der Waals surface area contributed by atoms with Gasteiger partial charge in [0.25, 0.3) is 0 Å². The summed E-state index contributed by atoms with van der Waals surface area (Å²) in [6, 6.07) is 29.2. The van der Waals surface area contributed by atoms with Gasteiger partial charge in [-0.15, -0.1) is 0 Å². The lowest BCUT2D eigenvalue weighted by atomic mass is 10.0. The quantitative estimate of drug-likeness (QED) is 0.318. The molecule has 5 aromatic rings.